The van der Waals surface area contributed by atoms with Crippen LogP contribution in [0.2, 0.25) is 0 Å². The Morgan fingerprint density at radius 2 is 1.81 bits per heavy atom. The molecular formula is C20H25N3O3. The number of nitrogens with two attached hydrogens (primary N) is 1. The minimum absolute atomic E-state index is 0.141. The monoisotopic (exact) mass is 355 g/mol. The molecule has 2 rings (SSSR count). The van der Waals surface area contributed by atoms with E-state index in [0.717, 1.165) is 11.3 Å². The molecule has 0 aliphatic carbocycles. The van der Waals surface area contributed by atoms with Crippen LogP contribution in [0.15, 0.2) is 48.5 Å². The normalized spacial score (nSPS) is 10.2. The lowest BCUT2D eigenvalue weighted by molar-refractivity contribution is -0.116. The fourth-order valence-electron chi connectivity index (χ4n) is 2.46. The van der Waals surface area contributed by atoms with Gasteiger partial charge in [0.25, 0.3) is 5.91 Å². The first-order valence-electron chi connectivity index (χ1n) is 8.73. The second-order valence-corrected chi connectivity index (χ2v) is 5.72. The van der Waals surface area contributed by atoms with Crippen molar-refractivity contribution in [2.45, 2.75) is 19.8 Å². The predicted molar refractivity (Wildman–Crippen MR) is 102 cm³/mol. The molecule has 2 amide bonds. The average Bonchev–Trinajstić information content (AvgIpc) is 2.66. The van der Waals surface area contributed by atoms with Crippen molar-refractivity contribution in [1.82, 2.24) is 5.32 Å². The number of ether oxygens (including phenoxy) is 1. The zero-order chi connectivity index (χ0) is 18.8. The molecule has 4 N–H and O–H groups in total. The molecule has 26 heavy (non-hydrogen) atoms. The maximum atomic E-state index is 12.3. The van der Waals surface area contributed by atoms with Crippen LogP contribution in [0, 0.1) is 0 Å². The third-order valence-electron chi connectivity index (χ3n) is 3.75. The predicted octanol–water partition coefficient (Wildman–Crippen LogP) is 2.35. The summed E-state index contributed by atoms with van der Waals surface area (Å²) in [5, 5.41) is 5.52. The standard InChI is InChI=1S/C20H25N3O3/c1-2-26-16-10-7-15(8-11-16)9-12-19(24)23-18-6-4-3-5-17(18)20(25)22-14-13-21/h3-8,10-11H,2,9,12-14,21H2,1H3,(H,22,25)(H,23,24). The van der Waals surface area contributed by atoms with Crippen LogP contribution in [0.1, 0.15) is 29.3 Å². The Balaban J connectivity index is 1.92. The van der Waals surface area contributed by atoms with E-state index in [1.165, 1.54) is 0 Å². The van der Waals surface area contributed by atoms with Crippen LogP contribution in [-0.2, 0) is 11.2 Å². The maximum Gasteiger partial charge on any atom is 0.253 e. The number of nitrogens with one attached hydrogen (secondary N) is 2. The molecule has 138 valence electrons. The number of carbonyl (C=O) groups excluding carboxylic acids is 2. The summed E-state index contributed by atoms with van der Waals surface area (Å²) in [6.07, 6.45) is 0.937. The molecule has 0 saturated heterocycles. The molecule has 6 heteroatoms. The highest BCUT2D eigenvalue weighted by molar-refractivity contribution is 6.03. The summed E-state index contributed by atoms with van der Waals surface area (Å²) in [4.78, 5) is 24.4. The zero-order valence-electron chi connectivity index (χ0n) is 15.0. The number of rotatable bonds is 9. The molecule has 0 unspecified atom stereocenters. The summed E-state index contributed by atoms with van der Waals surface area (Å²) in [5.74, 6) is 0.425. The van der Waals surface area contributed by atoms with Gasteiger partial charge in [-0.2, -0.15) is 0 Å². The first kappa shape index (κ1) is 19.5. The molecule has 6 nitrogen and oxygen atoms in total. The van der Waals surface area contributed by atoms with Gasteiger partial charge in [0, 0.05) is 19.5 Å². The Hall–Kier alpha value is -2.86. The van der Waals surface area contributed by atoms with Gasteiger partial charge in [0.15, 0.2) is 0 Å². The van der Waals surface area contributed by atoms with E-state index >= 15 is 0 Å². The molecule has 2 aromatic rings. The van der Waals surface area contributed by atoms with E-state index in [9.17, 15) is 9.59 Å². The van der Waals surface area contributed by atoms with E-state index in [0.29, 0.717) is 43.8 Å². The zero-order valence-corrected chi connectivity index (χ0v) is 15.0. The van der Waals surface area contributed by atoms with Crippen LogP contribution in [0.25, 0.3) is 0 Å². The molecule has 0 aliphatic heterocycles. The SMILES string of the molecule is CCOc1ccc(CCC(=O)Nc2ccccc2C(=O)NCCN)cc1. The van der Waals surface area contributed by atoms with Gasteiger partial charge < -0.3 is 21.1 Å². The number of hydrogen-bond donors (Lipinski definition) is 3. The van der Waals surface area contributed by atoms with E-state index in [1.807, 2.05) is 31.2 Å². The summed E-state index contributed by atoms with van der Waals surface area (Å²) in [5.41, 5.74) is 7.38. The van der Waals surface area contributed by atoms with Crippen LogP contribution in [0.3, 0.4) is 0 Å². The Labute approximate surface area is 153 Å². The van der Waals surface area contributed by atoms with Crippen molar-refractivity contribution < 1.29 is 14.3 Å². The fourth-order valence-corrected chi connectivity index (χ4v) is 2.46. The van der Waals surface area contributed by atoms with E-state index < -0.39 is 0 Å². The van der Waals surface area contributed by atoms with Gasteiger partial charge in [0.2, 0.25) is 5.91 Å². The van der Waals surface area contributed by atoms with Gasteiger partial charge in [-0.05, 0) is 43.2 Å². The van der Waals surface area contributed by atoms with E-state index in [-0.39, 0.29) is 11.8 Å². The molecule has 0 saturated carbocycles. The van der Waals surface area contributed by atoms with Crippen LogP contribution in [0.5, 0.6) is 5.75 Å². The maximum absolute atomic E-state index is 12.3. The van der Waals surface area contributed by atoms with Crippen LogP contribution < -0.4 is 21.1 Å². The molecule has 0 atom stereocenters. The minimum atomic E-state index is -0.252. The lowest BCUT2D eigenvalue weighted by atomic mass is 10.1. The first-order chi connectivity index (χ1) is 12.6. The van der Waals surface area contributed by atoms with E-state index in [1.54, 1.807) is 24.3 Å². The molecule has 0 heterocycles. The molecule has 2 aromatic carbocycles. The third kappa shape index (κ3) is 5.89. The molecule has 0 bridgehead atoms. The number of aryl methyl sites for hydroxylation is 1. The van der Waals surface area contributed by atoms with Crippen molar-refractivity contribution in [3.8, 4) is 5.75 Å². The highest BCUT2D eigenvalue weighted by Gasteiger charge is 2.12. The summed E-state index contributed by atoms with van der Waals surface area (Å²) in [6.45, 7) is 3.31. The van der Waals surface area contributed by atoms with Crippen LogP contribution in [-0.4, -0.2) is 31.5 Å². The van der Waals surface area contributed by atoms with Gasteiger partial charge in [-0.3, -0.25) is 9.59 Å². The minimum Gasteiger partial charge on any atom is -0.494 e. The Morgan fingerprint density at radius 3 is 2.50 bits per heavy atom. The number of carbonyl (C=O) groups is 2. The number of anilines is 1. The fraction of sp³-hybridized carbons (Fsp3) is 0.300. The van der Waals surface area contributed by atoms with Gasteiger partial charge in [0.1, 0.15) is 5.75 Å². The van der Waals surface area contributed by atoms with Crippen LogP contribution in [0.4, 0.5) is 5.69 Å². The first-order valence-corrected chi connectivity index (χ1v) is 8.73. The number of amides is 2. The topological polar surface area (TPSA) is 93.4 Å². The third-order valence-corrected chi connectivity index (χ3v) is 3.75. The van der Waals surface area contributed by atoms with Crippen molar-refractivity contribution in [3.63, 3.8) is 0 Å². The van der Waals surface area contributed by atoms with Gasteiger partial charge in [-0.15, -0.1) is 0 Å². The highest BCUT2D eigenvalue weighted by atomic mass is 16.5. The average molecular weight is 355 g/mol. The van der Waals surface area contributed by atoms with Gasteiger partial charge in [0.05, 0.1) is 17.9 Å². The summed E-state index contributed by atoms with van der Waals surface area (Å²) >= 11 is 0. The number of hydrogen-bond acceptors (Lipinski definition) is 4. The molecule has 0 aliphatic rings. The van der Waals surface area contributed by atoms with Crippen molar-refractivity contribution in [3.05, 3.63) is 59.7 Å². The molecule has 0 radical (unpaired) electrons. The molecule has 0 aromatic heterocycles. The number of para-hydroxylation sites is 1. The Bertz CT molecular complexity index is 729. The van der Waals surface area contributed by atoms with Crippen molar-refractivity contribution in [2.75, 3.05) is 25.0 Å². The largest absolute Gasteiger partial charge is 0.494 e. The molecular weight excluding hydrogens is 330 g/mol. The van der Waals surface area contributed by atoms with Gasteiger partial charge in [-0.1, -0.05) is 24.3 Å². The molecule has 0 spiro atoms. The smallest absolute Gasteiger partial charge is 0.253 e. The van der Waals surface area contributed by atoms with Crippen LogP contribution >= 0.6 is 0 Å². The summed E-state index contributed by atoms with van der Waals surface area (Å²) in [7, 11) is 0. The Morgan fingerprint density at radius 1 is 1.08 bits per heavy atom. The summed E-state index contributed by atoms with van der Waals surface area (Å²) < 4.78 is 5.40. The van der Waals surface area contributed by atoms with Crippen molar-refractivity contribution in [2.24, 2.45) is 5.73 Å². The Kier molecular flexibility index (Phi) is 7.64. The van der Waals surface area contributed by atoms with Crippen molar-refractivity contribution in [1.29, 1.82) is 0 Å². The lowest BCUT2D eigenvalue weighted by Gasteiger charge is -2.11. The highest BCUT2D eigenvalue weighted by Crippen LogP contribution is 2.17. The van der Waals surface area contributed by atoms with E-state index in [4.69, 9.17) is 10.5 Å². The van der Waals surface area contributed by atoms with E-state index in [2.05, 4.69) is 10.6 Å². The lowest BCUT2D eigenvalue weighted by Crippen LogP contribution is -2.30. The van der Waals surface area contributed by atoms with Gasteiger partial charge >= 0.3 is 0 Å². The number of benzene rings is 2. The second-order valence-electron chi connectivity index (χ2n) is 5.72. The summed E-state index contributed by atoms with van der Waals surface area (Å²) in [6, 6.07) is 14.6. The molecule has 0 fully saturated rings. The van der Waals surface area contributed by atoms with Gasteiger partial charge in [-0.25, -0.2) is 0 Å². The quantitative estimate of drug-likeness (QED) is 0.644. The van der Waals surface area contributed by atoms with Crippen molar-refractivity contribution >= 4 is 17.5 Å². The second kappa shape index (κ2) is 10.2.